The maximum atomic E-state index is 11.4. The van der Waals surface area contributed by atoms with Gasteiger partial charge in [-0.3, -0.25) is 4.79 Å². The zero-order valence-electron chi connectivity index (χ0n) is 9.24. The fourth-order valence-electron chi connectivity index (χ4n) is 1.15. The number of nitrogens with one attached hydrogen (secondary N) is 2. The van der Waals surface area contributed by atoms with E-state index in [0.717, 1.165) is 5.69 Å². The van der Waals surface area contributed by atoms with Crippen molar-refractivity contribution in [1.29, 1.82) is 0 Å². The molecule has 82 valence electrons. The van der Waals surface area contributed by atoms with Crippen molar-refractivity contribution in [2.45, 2.75) is 26.8 Å². The summed E-state index contributed by atoms with van der Waals surface area (Å²) in [6, 6.07) is 1.51. The highest BCUT2D eigenvalue weighted by Crippen LogP contribution is 2.04. The molecule has 2 N–H and O–H groups in total. The van der Waals surface area contributed by atoms with Crippen molar-refractivity contribution in [3.63, 3.8) is 0 Å². The largest absolute Gasteiger partial charge is 0.359 e. The van der Waals surface area contributed by atoms with E-state index in [9.17, 15) is 4.79 Å². The molecule has 5 heteroatoms. The lowest BCUT2D eigenvalue weighted by molar-refractivity contribution is -0.121. The molecule has 5 nitrogen and oxygen atoms in total. The summed E-state index contributed by atoms with van der Waals surface area (Å²) in [4.78, 5) is 19.4. The van der Waals surface area contributed by atoms with Crippen molar-refractivity contribution in [3.05, 3.63) is 18.1 Å². The minimum atomic E-state index is -0.292. The molecule has 0 aliphatic carbocycles. The first kappa shape index (κ1) is 11.4. The van der Waals surface area contributed by atoms with Crippen LogP contribution in [0.15, 0.2) is 12.4 Å². The number of carbonyl (C=O) groups excluding carboxylic acids is 1. The van der Waals surface area contributed by atoms with Gasteiger partial charge in [0.1, 0.15) is 18.2 Å². The fourth-order valence-corrected chi connectivity index (χ4v) is 1.15. The number of aryl methyl sites for hydroxylation is 1. The summed E-state index contributed by atoms with van der Waals surface area (Å²) < 4.78 is 0. The predicted octanol–water partition coefficient (Wildman–Crippen LogP) is 0.722. The molecule has 0 aromatic carbocycles. The maximum Gasteiger partial charge on any atom is 0.242 e. The first-order valence-electron chi connectivity index (χ1n) is 4.96. The van der Waals surface area contributed by atoms with E-state index in [-0.39, 0.29) is 11.9 Å². The molecule has 0 aliphatic heterocycles. The van der Waals surface area contributed by atoms with Crippen LogP contribution in [-0.4, -0.2) is 28.5 Å². The number of nitrogens with zero attached hydrogens (tertiary/aromatic N) is 2. The van der Waals surface area contributed by atoms with Crippen LogP contribution < -0.4 is 10.6 Å². The molecule has 1 atom stereocenters. The zero-order chi connectivity index (χ0) is 11.3. The van der Waals surface area contributed by atoms with Crippen LogP contribution in [0.5, 0.6) is 0 Å². The van der Waals surface area contributed by atoms with Gasteiger partial charge in [0.15, 0.2) is 0 Å². The van der Waals surface area contributed by atoms with Gasteiger partial charge in [-0.25, -0.2) is 9.97 Å². The summed E-state index contributed by atoms with van der Waals surface area (Å²) in [5, 5.41) is 5.74. The van der Waals surface area contributed by atoms with Crippen molar-refractivity contribution in [2.75, 3.05) is 11.9 Å². The molecule has 0 fully saturated rings. The molecule has 1 aromatic rings. The monoisotopic (exact) mass is 208 g/mol. The van der Waals surface area contributed by atoms with Gasteiger partial charge in [-0.15, -0.1) is 0 Å². The number of rotatable bonds is 4. The Hall–Kier alpha value is -1.65. The summed E-state index contributed by atoms with van der Waals surface area (Å²) in [6.07, 6.45) is 1.47. The molecule has 1 aromatic heterocycles. The highest BCUT2D eigenvalue weighted by molar-refractivity contribution is 5.83. The van der Waals surface area contributed by atoms with Gasteiger partial charge in [0.25, 0.3) is 0 Å². The lowest BCUT2D eigenvalue weighted by Crippen LogP contribution is -2.37. The smallest absolute Gasteiger partial charge is 0.242 e. The molecular formula is C10H16N4O. The lowest BCUT2D eigenvalue weighted by Gasteiger charge is -2.13. The average molecular weight is 208 g/mol. The Balaban J connectivity index is 2.58. The van der Waals surface area contributed by atoms with Gasteiger partial charge in [0.05, 0.1) is 0 Å². The van der Waals surface area contributed by atoms with Gasteiger partial charge in [-0.1, -0.05) is 0 Å². The Morgan fingerprint density at radius 1 is 1.53 bits per heavy atom. The van der Waals surface area contributed by atoms with Crippen molar-refractivity contribution in [3.8, 4) is 0 Å². The number of hydrogen-bond acceptors (Lipinski definition) is 4. The first-order valence-corrected chi connectivity index (χ1v) is 4.96. The van der Waals surface area contributed by atoms with E-state index in [2.05, 4.69) is 20.6 Å². The van der Waals surface area contributed by atoms with Crippen LogP contribution in [0.25, 0.3) is 0 Å². The van der Waals surface area contributed by atoms with E-state index in [1.165, 1.54) is 6.33 Å². The number of amides is 1. The molecular weight excluding hydrogens is 192 g/mol. The third-order valence-corrected chi connectivity index (χ3v) is 1.91. The van der Waals surface area contributed by atoms with Crippen LogP contribution in [-0.2, 0) is 4.79 Å². The molecule has 1 heterocycles. The van der Waals surface area contributed by atoms with Crippen LogP contribution in [0.1, 0.15) is 19.5 Å². The van der Waals surface area contributed by atoms with Crippen molar-refractivity contribution >= 4 is 11.7 Å². The van der Waals surface area contributed by atoms with Gasteiger partial charge in [-0.05, 0) is 20.8 Å². The van der Waals surface area contributed by atoms with E-state index in [0.29, 0.717) is 12.4 Å². The maximum absolute atomic E-state index is 11.4. The van der Waals surface area contributed by atoms with E-state index in [1.807, 2.05) is 13.8 Å². The van der Waals surface area contributed by atoms with Gasteiger partial charge in [0, 0.05) is 18.3 Å². The van der Waals surface area contributed by atoms with Crippen molar-refractivity contribution in [1.82, 2.24) is 15.3 Å². The molecule has 0 saturated carbocycles. The highest BCUT2D eigenvalue weighted by atomic mass is 16.2. The zero-order valence-corrected chi connectivity index (χ0v) is 9.24. The number of likely N-dealkylation sites (N-methyl/N-ethyl adjacent to an activating group) is 1. The second-order valence-corrected chi connectivity index (χ2v) is 3.31. The minimum absolute atomic E-state index is 0.0336. The standard InChI is InChI=1S/C10H16N4O/c1-4-11-10(15)8(3)14-9-5-7(2)12-6-13-9/h5-6,8H,4H2,1-3H3,(H,11,15)(H,12,13,14). The predicted molar refractivity (Wildman–Crippen MR) is 58.5 cm³/mol. The average Bonchev–Trinajstić information content (AvgIpc) is 2.18. The second-order valence-electron chi connectivity index (χ2n) is 3.31. The summed E-state index contributed by atoms with van der Waals surface area (Å²) in [7, 11) is 0. The molecule has 1 rings (SSSR count). The molecule has 0 radical (unpaired) electrons. The second kappa shape index (κ2) is 5.29. The first-order chi connectivity index (χ1) is 7.13. The van der Waals surface area contributed by atoms with Crippen LogP contribution in [0.3, 0.4) is 0 Å². The molecule has 0 bridgehead atoms. The van der Waals surface area contributed by atoms with Gasteiger partial charge < -0.3 is 10.6 Å². The lowest BCUT2D eigenvalue weighted by atomic mass is 10.3. The van der Waals surface area contributed by atoms with E-state index in [4.69, 9.17) is 0 Å². The molecule has 1 amide bonds. The molecule has 15 heavy (non-hydrogen) atoms. The normalized spacial score (nSPS) is 11.9. The SMILES string of the molecule is CCNC(=O)C(C)Nc1cc(C)ncn1. The van der Waals surface area contributed by atoms with E-state index in [1.54, 1.807) is 13.0 Å². The van der Waals surface area contributed by atoms with Crippen LogP contribution in [0.2, 0.25) is 0 Å². The Morgan fingerprint density at radius 3 is 2.87 bits per heavy atom. The van der Waals surface area contributed by atoms with Crippen molar-refractivity contribution < 1.29 is 4.79 Å². The molecule has 1 unspecified atom stereocenters. The quantitative estimate of drug-likeness (QED) is 0.765. The Morgan fingerprint density at radius 2 is 2.27 bits per heavy atom. The summed E-state index contributed by atoms with van der Waals surface area (Å²) in [5.41, 5.74) is 0.871. The number of aromatic nitrogens is 2. The third-order valence-electron chi connectivity index (χ3n) is 1.91. The Kier molecular flexibility index (Phi) is 4.03. The van der Waals surface area contributed by atoms with Crippen LogP contribution in [0, 0.1) is 6.92 Å². The Labute approximate surface area is 89.3 Å². The topological polar surface area (TPSA) is 66.9 Å². The van der Waals surface area contributed by atoms with Crippen molar-refractivity contribution in [2.24, 2.45) is 0 Å². The number of anilines is 1. The molecule has 0 saturated heterocycles. The van der Waals surface area contributed by atoms with E-state index < -0.39 is 0 Å². The van der Waals surface area contributed by atoms with Crippen LogP contribution in [0.4, 0.5) is 5.82 Å². The van der Waals surface area contributed by atoms with Gasteiger partial charge in [0.2, 0.25) is 5.91 Å². The summed E-state index contributed by atoms with van der Waals surface area (Å²) >= 11 is 0. The highest BCUT2D eigenvalue weighted by Gasteiger charge is 2.11. The van der Waals surface area contributed by atoms with Gasteiger partial charge >= 0.3 is 0 Å². The van der Waals surface area contributed by atoms with E-state index >= 15 is 0 Å². The number of hydrogen-bond donors (Lipinski definition) is 2. The summed E-state index contributed by atoms with van der Waals surface area (Å²) in [6.45, 7) is 6.19. The van der Waals surface area contributed by atoms with Gasteiger partial charge in [-0.2, -0.15) is 0 Å². The molecule has 0 aliphatic rings. The minimum Gasteiger partial charge on any atom is -0.359 e. The summed E-state index contributed by atoms with van der Waals surface area (Å²) in [5.74, 6) is 0.634. The fraction of sp³-hybridized carbons (Fsp3) is 0.500. The number of carbonyl (C=O) groups is 1. The Bertz CT molecular complexity index is 340. The molecule has 0 spiro atoms. The van der Waals surface area contributed by atoms with Crippen LogP contribution >= 0.6 is 0 Å². The third kappa shape index (κ3) is 3.53.